The van der Waals surface area contributed by atoms with Gasteiger partial charge in [-0.25, -0.2) is 4.39 Å². The topological polar surface area (TPSA) is 71.7 Å². The van der Waals surface area contributed by atoms with Gasteiger partial charge in [-0.15, -0.1) is 10.2 Å². The molecule has 0 N–H and O–H groups in total. The monoisotopic (exact) mass is 410 g/mol. The number of carbonyl (C=O) groups excluding carboxylic acids is 1. The highest BCUT2D eigenvalue weighted by Crippen LogP contribution is 2.24. The van der Waals surface area contributed by atoms with Gasteiger partial charge in [0.15, 0.2) is 0 Å². The molecule has 1 amide bonds. The number of amides is 1. The average Bonchev–Trinajstić information content (AvgIpc) is 3.16. The summed E-state index contributed by atoms with van der Waals surface area (Å²) in [7, 11) is 3.77. The summed E-state index contributed by atoms with van der Waals surface area (Å²) < 4.78 is 25.5. The van der Waals surface area contributed by atoms with Gasteiger partial charge in [0.2, 0.25) is 5.89 Å². The van der Waals surface area contributed by atoms with Crippen LogP contribution in [0.4, 0.5) is 4.39 Å². The van der Waals surface area contributed by atoms with Crippen LogP contribution in [0.2, 0.25) is 0 Å². The highest BCUT2D eigenvalue weighted by molar-refractivity contribution is 5.90. The SMILES string of the molecule is Cc1ccc(-c2nnc(C(=O)N3CC(Oc4ccc(CN(C)C)c(F)c4)C3)o2)cc1. The van der Waals surface area contributed by atoms with Crippen molar-refractivity contribution in [2.75, 3.05) is 27.2 Å². The van der Waals surface area contributed by atoms with Gasteiger partial charge in [-0.05, 0) is 39.2 Å². The van der Waals surface area contributed by atoms with E-state index in [-0.39, 0.29) is 23.7 Å². The summed E-state index contributed by atoms with van der Waals surface area (Å²) in [4.78, 5) is 16.0. The number of benzene rings is 2. The lowest BCUT2D eigenvalue weighted by Gasteiger charge is -2.38. The third-order valence-corrected chi connectivity index (χ3v) is 4.86. The second-order valence-electron chi connectivity index (χ2n) is 7.72. The minimum absolute atomic E-state index is 0.0527. The molecule has 0 radical (unpaired) electrons. The first-order valence-corrected chi connectivity index (χ1v) is 9.68. The van der Waals surface area contributed by atoms with E-state index in [1.807, 2.05) is 50.2 Å². The first-order chi connectivity index (χ1) is 14.4. The lowest BCUT2D eigenvalue weighted by molar-refractivity contribution is 0.0148. The second kappa shape index (κ2) is 8.23. The van der Waals surface area contributed by atoms with Crippen molar-refractivity contribution in [1.82, 2.24) is 20.0 Å². The van der Waals surface area contributed by atoms with Crippen LogP contribution in [-0.4, -0.2) is 59.2 Å². The zero-order chi connectivity index (χ0) is 21.3. The van der Waals surface area contributed by atoms with Gasteiger partial charge in [0.05, 0.1) is 13.1 Å². The van der Waals surface area contributed by atoms with Gasteiger partial charge in [-0.3, -0.25) is 4.79 Å². The number of halogens is 1. The molecule has 0 atom stereocenters. The first kappa shape index (κ1) is 20.0. The summed E-state index contributed by atoms with van der Waals surface area (Å²) in [6.07, 6.45) is -0.201. The molecule has 1 aromatic heterocycles. The van der Waals surface area contributed by atoms with Gasteiger partial charge >= 0.3 is 11.8 Å². The standard InChI is InChI=1S/C22H23FN4O3/c1-14-4-6-15(7-5-14)20-24-25-21(30-20)22(28)27-12-18(13-27)29-17-9-8-16(11-26(2)3)19(23)10-17/h4-10,18H,11-13H2,1-3H3. The van der Waals surface area contributed by atoms with E-state index < -0.39 is 0 Å². The van der Waals surface area contributed by atoms with Crippen LogP contribution in [-0.2, 0) is 6.54 Å². The van der Waals surface area contributed by atoms with E-state index in [4.69, 9.17) is 9.15 Å². The van der Waals surface area contributed by atoms with Gasteiger partial charge in [-0.2, -0.15) is 0 Å². The van der Waals surface area contributed by atoms with Crippen LogP contribution < -0.4 is 4.74 Å². The molecule has 0 aliphatic carbocycles. The number of hydrogen-bond acceptors (Lipinski definition) is 6. The molecule has 156 valence electrons. The van der Waals surface area contributed by atoms with Crippen LogP contribution in [0.15, 0.2) is 46.9 Å². The molecule has 1 saturated heterocycles. The Hall–Kier alpha value is -3.26. The summed E-state index contributed by atoms with van der Waals surface area (Å²) in [5.74, 6) is 0.0609. The molecule has 0 unspecified atom stereocenters. The maximum atomic E-state index is 14.2. The Balaban J connectivity index is 1.33. The van der Waals surface area contributed by atoms with Gasteiger partial charge in [0, 0.05) is 23.7 Å². The summed E-state index contributed by atoms with van der Waals surface area (Å²) in [5.41, 5.74) is 2.49. The van der Waals surface area contributed by atoms with Crippen LogP contribution in [0.3, 0.4) is 0 Å². The van der Waals surface area contributed by atoms with Crippen molar-refractivity contribution >= 4 is 5.91 Å². The maximum absolute atomic E-state index is 14.2. The molecule has 2 heterocycles. The molecule has 0 saturated carbocycles. The molecule has 30 heavy (non-hydrogen) atoms. The van der Waals surface area contributed by atoms with E-state index in [1.165, 1.54) is 6.07 Å². The number of hydrogen-bond donors (Lipinski definition) is 0. The van der Waals surface area contributed by atoms with Crippen molar-refractivity contribution in [2.45, 2.75) is 19.6 Å². The van der Waals surface area contributed by atoms with E-state index >= 15 is 0 Å². The lowest BCUT2D eigenvalue weighted by Crippen LogP contribution is -2.56. The molecule has 2 aromatic carbocycles. The number of aryl methyl sites for hydroxylation is 1. The highest BCUT2D eigenvalue weighted by atomic mass is 19.1. The van der Waals surface area contributed by atoms with Crippen molar-refractivity contribution in [3.63, 3.8) is 0 Å². The van der Waals surface area contributed by atoms with Crippen LogP contribution in [0.25, 0.3) is 11.5 Å². The normalized spacial score (nSPS) is 14.1. The summed E-state index contributed by atoms with van der Waals surface area (Å²) >= 11 is 0. The number of nitrogens with zero attached hydrogens (tertiary/aromatic N) is 4. The Morgan fingerprint density at radius 3 is 2.60 bits per heavy atom. The van der Waals surface area contributed by atoms with Crippen LogP contribution in [0.1, 0.15) is 21.8 Å². The quantitative estimate of drug-likeness (QED) is 0.622. The maximum Gasteiger partial charge on any atom is 0.311 e. The average molecular weight is 410 g/mol. The Morgan fingerprint density at radius 2 is 1.93 bits per heavy atom. The van der Waals surface area contributed by atoms with Crippen molar-refractivity contribution in [1.29, 1.82) is 0 Å². The number of aromatic nitrogens is 2. The summed E-state index contributed by atoms with van der Waals surface area (Å²) in [5, 5.41) is 7.83. The van der Waals surface area contributed by atoms with Gasteiger partial charge in [0.25, 0.3) is 0 Å². The predicted octanol–water partition coefficient (Wildman–Crippen LogP) is 3.15. The molecule has 0 spiro atoms. The molecule has 1 fully saturated rings. The third-order valence-electron chi connectivity index (χ3n) is 4.86. The zero-order valence-electron chi connectivity index (χ0n) is 17.1. The third kappa shape index (κ3) is 4.33. The number of carbonyl (C=O) groups is 1. The number of ether oxygens (including phenoxy) is 1. The van der Waals surface area contributed by atoms with Gasteiger partial charge < -0.3 is 19.0 Å². The minimum atomic E-state index is -0.340. The van der Waals surface area contributed by atoms with E-state index in [2.05, 4.69) is 10.2 Å². The second-order valence-corrected chi connectivity index (χ2v) is 7.72. The Kier molecular flexibility index (Phi) is 5.50. The molecule has 1 aliphatic rings. The fourth-order valence-electron chi connectivity index (χ4n) is 3.20. The Labute approximate surface area is 174 Å². The fraction of sp³-hybridized carbons (Fsp3) is 0.318. The molecular formula is C22H23FN4O3. The van der Waals surface area contributed by atoms with Crippen LogP contribution in [0.5, 0.6) is 5.75 Å². The van der Waals surface area contributed by atoms with Crippen molar-refractivity contribution in [3.8, 4) is 17.2 Å². The number of likely N-dealkylation sites (tertiary alicyclic amines) is 1. The van der Waals surface area contributed by atoms with Gasteiger partial charge in [-0.1, -0.05) is 23.8 Å². The van der Waals surface area contributed by atoms with E-state index in [0.29, 0.717) is 36.8 Å². The van der Waals surface area contributed by atoms with Crippen molar-refractivity contribution in [3.05, 3.63) is 65.3 Å². The minimum Gasteiger partial charge on any atom is -0.487 e. The first-order valence-electron chi connectivity index (χ1n) is 9.68. The predicted molar refractivity (Wildman–Crippen MR) is 109 cm³/mol. The van der Waals surface area contributed by atoms with Crippen LogP contribution in [0, 0.1) is 12.7 Å². The Morgan fingerprint density at radius 1 is 1.20 bits per heavy atom. The van der Waals surface area contributed by atoms with Crippen molar-refractivity contribution in [2.24, 2.45) is 0 Å². The molecule has 3 aromatic rings. The summed E-state index contributed by atoms with van der Waals surface area (Å²) in [6, 6.07) is 12.5. The number of rotatable bonds is 6. The molecule has 7 nitrogen and oxygen atoms in total. The van der Waals surface area contributed by atoms with E-state index in [1.54, 1.807) is 17.0 Å². The molecule has 8 heteroatoms. The molecule has 4 rings (SSSR count). The smallest absolute Gasteiger partial charge is 0.311 e. The van der Waals surface area contributed by atoms with Crippen LogP contribution >= 0.6 is 0 Å². The highest BCUT2D eigenvalue weighted by Gasteiger charge is 2.35. The zero-order valence-corrected chi connectivity index (χ0v) is 17.1. The van der Waals surface area contributed by atoms with Gasteiger partial charge in [0.1, 0.15) is 17.7 Å². The summed E-state index contributed by atoms with van der Waals surface area (Å²) in [6.45, 7) is 3.26. The van der Waals surface area contributed by atoms with E-state index in [9.17, 15) is 9.18 Å². The van der Waals surface area contributed by atoms with Crippen molar-refractivity contribution < 1.29 is 18.3 Å². The lowest BCUT2D eigenvalue weighted by atomic mass is 10.1. The molecule has 0 bridgehead atoms. The molecular weight excluding hydrogens is 387 g/mol. The largest absolute Gasteiger partial charge is 0.487 e. The molecule has 1 aliphatic heterocycles. The fourth-order valence-corrected chi connectivity index (χ4v) is 3.20. The van der Waals surface area contributed by atoms with E-state index in [0.717, 1.165) is 11.1 Å². The Bertz CT molecular complexity index is 1040.